The van der Waals surface area contributed by atoms with Gasteiger partial charge in [0.05, 0.1) is 6.04 Å². The summed E-state index contributed by atoms with van der Waals surface area (Å²) in [5.74, 6) is -0.0811. The molecule has 0 saturated heterocycles. The fourth-order valence-electron chi connectivity index (χ4n) is 0.965. The Bertz CT molecular complexity index is 250. The van der Waals surface area contributed by atoms with E-state index in [4.69, 9.17) is 5.73 Å². The van der Waals surface area contributed by atoms with E-state index < -0.39 is 6.04 Å². The molecule has 0 unspecified atom stereocenters. The second-order valence-corrected chi connectivity index (χ2v) is 6.27. The molecule has 112 valence electrons. The van der Waals surface area contributed by atoms with Gasteiger partial charge in [-0.2, -0.15) is 0 Å². The minimum absolute atomic E-state index is 0. The zero-order valence-electron chi connectivity index (χ0n) is 12.5. The van der Waals surface area contributed by atoms with Crippen LogP contribution in [0.2, 0.25) is 0 Å². The fraction of sp³-hybridized carbons (Fsp3) is 0.917. The van der Waals surface area contributed by atoms with Gasteiger partial charge in [-0.05, 0) is 33.4 Å². The average molecular weight is 302 g/mol. The number of nitrogens with zero attached hydrogens (tertiary/aromatic N) is 1. The number of hydrogen-bond acceptors (Lipinski definition) is 3. The van der Waals surface area contributed by atoms with Crippen molar-refractivity contribution in [2.45, 2.75) is 46.2 Å². The summed E-state index contributed by atoms with van der Waals surface area (Å²) in [6.45, 7) is 10.7. The van der Waals surface area contributed by atoms with Gasteiger partial charge in [0.2, 0.25) is 5.91 Å². The average Bonchev–Trinajstić information content (AvgIpc) is 2.11. The van der Waals surface area contributed by atoms with E-state index in [9.17, 15) is 4.79 Å². The van der Waals surface area contributed by atoms with Crippen LogP contribution in [0.15, 0.2) is 0 Å². The molecule has 0 aliphatic heterocycles. The summed E-state index contributed by atoms with van der Waals surface area (Å²) in [5, 5.41) is 2.90. The van der Waals surface area contributed by atoms with E-state index in [-0.39, 0.29) is 41.7 Å². The SMILES string of the molecule is CN(C)C(C)(C)CNC(=O)[C@@H](N)C(C)(C)C.Cl.Cl. The Morgan fingerprint density at radius 3 is 1.83 bits per heavy atom. The van der Waals surface area contributed by atoms with Gasteiger partial charge in [-0.1, -0.05) is 20.8 Å². The summed E-state index contributed by atoms with van der Waals surface area (Å²) < 4.78 is 0. The lowest BCUT2D eigenvalue weighted by molar-refractivity contribution is -0.125. The first-order valence-electron chi connectivity index (χ1n) is 5.69. The molecule has 4 nitrogen and oxygen atoms in total. The Kier molecular flexibility index (Phi) is 10.5. The van der Waals surface area contributed by atoms with E-state index in [1.807, 2.05) is 34.9 Å². The van der Waals surface area contributed by atoms with E-state index in [0.29, 0.717) is 6.54 Å². The normalized spacial score (nSPS) is 13.4. The molecule has 1 atom stereocenters. The summed E-state index contributed by atoms with van der Waals surface area (Å²) in [4.78, 5) is 13.9. The highest BCUT2D eigenvalue weighted by Gasteiger charge is 2.29. The van der Waals surface area contributed by atoms with Crippen LogP contribution in [-0.2, 0) is 4.79 Å². The van der Waals surface area contributed by atoms with Gasteiger partial charge in [-0.3, -0.25) is 4.79 Å². The van der Waals surface area contributed by atoms with Gasteiger partial charge < -0.3 is 16.0 Å². The summed E-state index contributed by atoms with van der Waals surface area (Å²) in [7, 11) is 3.99. The van der Waals surface area contributed by atoms with Crippen molar-refractivity contribution in [3.8, 4) is 0 Å². The van der Waals surface area contributed by atoms with Gasteiger partial charge in [0.25, 0.3) is 0 Å². The van der Waals surface area contributed by atoms with Crippen LogP contribution in [0, 0.1) is 5.41 Å². The van der Waals surface area contributed by atoms with Gasteiger partial charge in [0.1, 0.15) is 0 Å². The van der Waals surface area contributed by atoms with E-state index in [2.05, 4.69) is 24.1 Å². The third-order valence-corrected chi connectivity index (χ3v) is 3.12. The molecule has 0 saturated carbocycles. The molecule has 0 spiro atoms. The zero-order chi connectivity index (χ0) is 13.1. The van der Waals surface area contributed by atoms with Crippen LogP contribution in [0.25, 0.3) is 0 Å². The van der Waals surface area contributed by atoms with Gasteiger partial charge in [0, 0.05) is 12.1 Å². The molecule has 6 heteroatoms. The Hall–Kier alpha value is -0.0300. The molecule has 3 N–H and O–H groups in total. The maximum absolute atomic E-state index is 11.8. The van der Waals surface area contributed by atoms with Crippen molar-refractivity contribution >= 4 is 30.7 Å². The number of nitrogens with two attached hydrogens (primary N) is 1. The van der Waals surface area contributed by atoms with Crippen LogP contribution >= 0.6 is 24.8 Å². The zero-order valence-corrected chi connectivity index (χ0v) is 14.2. The molecule has 18 heavy (non-hydrogen) atoms. The van der Waals surface area contributed by atoms with Crippen molar-refractivity contribution in [3.05, 3.63) is 0 Å². The van der Waals surface area contributed by atoms with Crippen molar-refractivity contribution < 1.29 is 4.79 Å². The number of rotatable bonds is 4. The first-order chi connectivity index (χ1) is 6.98. The lowest BCUT2D eigenvalue weighted by Gasteiger charge is -2.34. The third kappa shape index (κ3) is 7.41. The second kappa shape index (κ2) is 8.20. The summed E-state index contributed by atoms with van der Waals surface area (Å²) in [6, 6.07) is -0.467. The summed E-state index contributed by atoms with van der Waals surface area (Å²) >= 11 is 0. The van der Waals surface area contributed by atoms with Gasteiger partial charge >= 0.3 is 0 Å². The first kappa shape index (κ1) is 23.1. The topological polar surface area (TPSA) is 58.4 Å². The number of carbonyl (C=O) groups is 1. The van der Waals surface area contributed by atoms with Crippen LogP contribution in [0.3, 0.4) is 0 Å². The number of nitrogens with one attached hydrogen (secondary N) is 1. The van der Waals surface area contributed by atoms with Crippen LogP contribution in [-0.4, -0.2) is 43.0 Å². The van der Waals surface area contributed by atoms with Crippen molar-refractivity contribution in [3.63, 3.8) is 0 Å². The standard InChI is InChI=1S/C12H27N3O.2ClH/c1-11(2,3)9(13)10(16)14-8-12(4,5)15(6)7;;/h9H,8,13H2,1-7H3,(H,14,16);2*1H/t9-;;/m1../s1. The van der Waals surface area contributed by atoms with Crippen molar-refractivity contribution in [1.82, 2.24) is 10.2 Å². The highest BCUT2D eigenvalue weighted by atomic mass is 35.5. The molecule has 0 aromatic carbocycles. The first-order valence-corrected chi connectivity index (χ1v) is 5.69. The Balaban J connectivity index is -0.00000112. The molecule has 0 aliphatic carbocycles. The minimum atomic E-state index is -0.467. The summed E-state index contributed by atoms with van der Waals surface area (Å²) in [6.07, 6.45) is 0. The molecule has 0 aliphatic rings. The molecule has 0 rings (SSSR count). The van der Waals surface area contributed by atoms with Gasteiger partial charge in [0.15, 0.2) is 0 Å². The maximum Gasteiger partial charge on any atom is 0.237 e. The number of carbonyl (C=O) groups excluding carboxylic acids is 1. The molecule has 0 heterocycles. The van der Waals surface area contributed by atoms with E-state index in [1.54, 1.807) is 0 Å². The summed E-state index contributed by atoms with van der Waals surface area (Å²) in [5.41, 5.74) is 5.61. The fourth-order valence-corrected chi connectivity index (χ4v) is 0.965. The molecule has 0 aromatic heterocycles. The largest absolute Gasteiger partial charge is 0.353 e. The van der Waals surface area contributed by atoms with Crippen LogP contribution in [0.1, 0.15) is 34.6 Å². The van der Waals surface area contributed by atoms with Crippen LogP contribution < -0.4 is 11.1 Å². The molecular formula is C12H29Cl2N3O. The van der Waals surface area contributed by atoms with Crippen LogP contribution in [0.4, 0.5) is 0 Å². The van der Waals surface area contributed by atoms with Crippen molar-refractivity contribution in [1.29, 1.82) is 0 Å². The Morgan fingerprint density at radius 1 is 1.17 bits per heavy atom. The molecule has 0 fully saturated rings. The number of halogens is 2. The lowest BCUT2D eigenvalue weighted by Crippen LogP contribution is -2.54. The minimum Gasteiger partial charge on any atom is -0.353 e. The molecule has 0 aromatic rings. The molecule has 0 bridgehead atoms. The second-order valence-electron chi connectivity index (χ2n) is 6.27. The highest BCUT2D eigenvalue weighted by molar-refractivity contribution is 5.85. The van der Waals surface area contributed by atoms with E-state index >= 15 is 0 Å². The predicted molar refractivity (Wildman–Crippen MR) is 82.7 cm³/mol. The predicted octanol–water partition coefficient (Wildman–Crippen LogP) is 1.66. The van der Waals surface area contributed by atoms with Gasteiger partial charge in [-0.15, -0.1) is 24.8 Å². The Morgan fingerprint density at radius 2 is 1.56 bits per heavy atom. The van der Waals surface area contributed by atoms with Crippen molar-refractivity contribution in [2.24, 2.45) is 11.1 Å². The highest BCUT2D eigenvalue weighted by Crippen LogP contribution is 2.17. The van der Waals surface area contributed by atoms with Gasteiger partial charge in [-0.25, -0.2) is 0 Å². The third-order valence-electron chi connectivity index (χ3n) is 3.12. The quantitative estimate of drug-likeness (QED) is 0.830. The van der Waals surface area contributed by atoms with E-state index in [1.165, 1.54) is 0 Å². The molecule has 1 amide bonds. The molecule has 0 radical (unpaired) electrons. The van der Waals surface area contributed by atoms with Crippen LogP contribution in [0.5, 0.6) is 0 Å². The number of likely N-dealkylation sites (N-methyl/N-ethyl adjacent to an activating group) is 1. The lowest BCUT2D eigenvalue weighted by atomic mass is 9.87. The number of hydrogen-bond donors (Lipinski definition) is 2. The molecular weight excluding hydrogens is 273 g/mol. The maximum atomic E-state index is 11.8. The Labute approximate surface area is 124 Å². The monoisotopic (exact) mass is 301 g/mol. The van der Waals surface area contributed by atoms with Crippen molar-refractivity contribution in [2.75, 3.05) is 20.6 Å². The smallest absolute Gasteiger partial charge is 0.237 e. The number of amides is 1. The van der Waals surface area contributed by atoms with E-state index in [0.717, 1.165) is 0 Å².